The zero-order valence-electron chi connectivity index (χ0n) is 13.9. The van der Waals surface area contributed by atoms with Crippen LogP contribution in [0.2, 0.25) is 5.15 Å². The highest BCUT2D eigenvalue weighted by atomic mass is 35.5. The number of rotatable bonds is 3. The minimum atomic E-state index is -0.552. The van der Waals surface area contributed by atoms with Gasteiger partial charge in [0.05, 0.1) is 28.6 Å². The van der Waals surface area contributed by atoms with E-state index < -0.39 is 5.41 Å². The summed E-state index contributed by atoms with van der Waals surface area (Å²) in [7, 11) is 0. The summed E-state index contributed by atoms with van der Waals surface area (Å²) >= 11 is 6.01. The van der Waals surface area contributed by atoms with E-state index in [9.17, 15) is 0 Å². The number of hydrogen-bond acceptors (Lipinski definition) is 6. The monoisotopic (exact) mass is 354 g/mol. The van der Waals surface area contributed by atoms with Crippen molar-refractivity contribution in [1.82, 2.24) is 29.7 Å². The van der Waals surface area contributed by atoms with Crippen molar-refractivity contribution in [2.45, 2.75) is 26.2 Å². The predicted molar refractivity (Wildman–Crippen MR) is 92.4 cm³/mol. The molecule has 0 fully saturated rings. The highest BCUT2D eigenvalue weighted by molar-refractivity contribution is 6.29. The summed E-state index contributed by atoms with van der Waals surface area (Å²) < 4.78 is 7.23. The molecule has 0 amide bonds. The molecule has 0 aromatic carbocycles. The molecular weight excluding hydrogens is 340 g/mol. The van der Waals surface area contributed by atoms with Crippen LogP contribution in [0.25, 0.3) is 17.1 Å². The highest BCUT2D eigenvalue weighted by Gasteiger charge is 2.31. The van der Waals surface area contributed by atoms with Crippen LogP contribution in [0.1, 0.15) is 31.1 Å². The average molecular weight is 355 g/mol. The van der Waals surface area contributed by atoms with Gasteiger partial charge < -0.3 is 4.52 Å². The van der Waals surface area contributed by atoms with Crippen molar-refractivity contribution in [2.24, 2.45) is 0 Å². The Bertz CT molecular complexity index is 1070. The first-order chi connectivity index (χ1) is 12.0. The van der Waals surface area contributed by atoms with Gasteiger partial charge in [-0.25, -0.2) is 14.5 Å². The van der Waals surface area contributed by atoms with Crippen molar-refractivity contribution in [3.8, 4) is 11.5 Å². The third-order valence-corrected chi connectivity index (χ3v) is 4.44. The van der Waals surface area contributed by atoms with Crippen molar-refractivity contribution < 1.29 is 4.52 Å². The van der Waals surface area contributed by atoms with Crippen LogP contribution in [0, 0.1) is 6.92 Å². The Balaban J connectivity index is 1.77. The predicted octanol–water partition coefficient (Wildman–Crippen LogP) is 3.46. The SMILES string of the molecule is Cc1c(-c2nc(C(C)(C)c3cccc(Cl)n3)no2)cnc2ccnn12. The summed E-state index contributed by atoms with van der Waals surface area (Å²) in [5.41, 5.74) is 2.60. The van der Waals surface area contributed by atoms with Crippen LogP contribution in [-0.4, -0.2) is 29.7 Å². The van der Waals surface area contributed by atoms with Crippen LogP contribution in [0.3, 0.4) is 0 Å². The Morgan fingerprint density at radius 1 is 1.16 bits per heavy atom. The highest BCUT2D eigenvalue weighted by Crippen LogP contribution is 2.31. The average Bonchev–Trinajstić information content (AvgIpc) is 3.25. The molecule has 4 heterocycles. The summed E-state index contributed by atoms with van der Waals surface area (Å²) in [6.45, 7) is 5.88. The lowest BCUT2D eigenvalue weighted by molar-refractivity contribution is 0.406. The molecule has 7 nitrogen and oxygen atoms in total. The van der Waals surface area contributed by atoms with E-state index in [1.807, 2.05) is 39.0 Å². The van der Waals surface area contributed by atoms with Gasteiger partial charge in [0.2, 0.25) is 0 Å². The molecule has 0 saturated heterocycles. The number of aryl methyl sites for hydroxylation is 1. The summed E-state index contributed by atoms with van der Waals surface area (Å²) in [4.78, 5) is 13.3. The van der Waals surface area contributed by atoms with Crippen LogP contribution in [0.4, 0.5) is 0 Å². The maximum absolute atomic E-state index is 6.01. The lowest BCUT2D eigenvalue weighted by Crippen LogP contribution is -2.22. The molecule has 0 unspecified atom stereocenters. The Morgan fingerprint density at radius 3 is 2.80 bits per heavy atom. The second-order valence-corrected chi connectivity index (χ2v) is 6.64. The lowest BCUT2D eigenvalue weighted by Gasteiger charge is -2.19. The molecule has 0 atom stereocenters. The first-order valence-corrected chi connectivity index (χ1v) is 8.11. The fraction of sp³-hybridized carbons (Fsp3) is 0.235. The van der Waals surface area contributed by atoms with E-state index in [-0.39, 0.29) is 0 Å². The van der Waals surface area contributed by atoms with Crippen molar-refractivity contribution in [3.63, 3.8) is 0 Å². The van der Waals surface area contributed by atoms with Crippen molar-refractivity contribution in [2.75, 3.05) is 0 Å². The molecule has 0 bridgehead atoms. The number of halogens is 1. The first kappa shape index (κ1) is 15.7. The third-order valence-electron chi connectivity index (χ3n) is 4.23. The van der Waals surface area contributed by atoms with Gasteiger partial charge in [-0.1, -0.05) is 22.8 Å². The van der Waals surface area contributed by atoms with Crippen LogP contribution >= 0.6 is 11.6 Å². The number of fused-ring (bicyclic) bond motifs is 1. The minimum absolute atomic E-state index is 0.396. The molecule has 0 aliphatic carbocycles. The fourth-order valence-electron chi connectivity index (χ4n) is 2.66. The van der Waals surface area contributed by atoms with Crippen LogP contribution in [0.5, 0.6) is 0 Å². The molecule has 25 heavy (non-hydrogen) atoms. The zero-order valence-corrected chi connectivity index (χ0v) is 14.7. The van der Waals surface area contributed by atoms with E-state index >= 15 is 0 Å². The lowest BCUT2D eigenvalue weighted by atomic mass is 9.88. The molecule has 4 rings (SSSR count). The van der Waals surface area contributed by atoms with E-state index in [4.69, 9.17) is 16.1 Å². The van der Waals surface area contributed by atoms with Gasteiger partial charge >= 0.3 is 0 Å². The Hall–Kier alpha value is -2.80. The van der Waals surface area contributed by atoms with E-state index in [2.05, 4.69) is 25.2 Å². The summed E-state index contributed by atoms with van der Waals surface area (Å²) in [5.74, 6) is 0.921. The first-order valence-electron chi connectivity index (χ1n) is 7.74. The van der Waals surface area contributed by atoms with E-state index in [1.165, 1.54) is 0 Å². The molecule has 8 heteroatoms. The normalized spacial score (nSPS) is 12.0. The smallest absolute Gasteiger partial charge is 0.261 e. The standard InChI is InChI=1S/C17H15ClN6O/c1-10-11(9-19-14-7-8-20-24(10)14)15-22-16(23-25-15)17(2,3)12-5-4-6-13(18)21-12/h4-9H,1-3H3. The Morgan fingerprint density at radius 2 is 2.00 bits per heavy atom. The van der Waals surface area contributed by atoms with Gasteiger partial charge in [-0.2, -0.15) is 10.1 Å². The van der Waals surface area contributed by atoms with Gasteiger partial charge in [0.15, 0.2) is 11.5 Å². The zero-order chi connectivity index (χ0) is 17.6. The van der Waals surface area contributed by atoms with E-state index in [0.717, 1.165) is 22.6 Å². The summed E-state index contributed by atoms with van der Waals surface area (Å²) in [6, 6.07) is 7.32. The van der Waals surface area contributed by atoms with Crippen molar-refractivity contribution >= 4 is 17.2 Å². The maximum Gasteiger partial charge on any atom is 0.261 e. The number of pyridine rings is 1. The molecular formula is C17H15ClN6O. The third kappa shape index (κ3) is 2.56. The van der Waals surface area contributed by atoms with Gasteiger partial charge in [0, 0.05) is 12.3 Å². The number of aromatic nitrogens is 6. The summed E-state index contributed by atoms with van der Waals surface area (Å²) in [6.07, 6.45) is 3.42. The van der Waals surface area contributed by atoms with Crippen LogP contribution in [0.15, 0.2) is 41.2 Å². The van der Waals surface area contributed by atoms with Gasteiger partial charge in [0.25, 0.3) is 5.89 Å². The number of nitrogens with zero attached hydrogens (tertiary/aromatic N) is 6. The second-order valence-electron chi connectivity index (χ2n) is 6.25. The van der Waals surface area contributed by atoms with Gasteiger partial charge in [-0.3, -0.25) is 0 Å². The topological polar surface area (TPSA) is 82.0 Å². The molecule has 4 aromatic rings. The van der Waals surface area contributed by atoms with Gasteiger partial charge in [0.1, 0.15) is 5.15 Å². The summed E-state index contributed by atoms with van der Waals surface area (Å²) in [5, 5.41) is 8.84. The van der Waals surface area contributed by atoms with Gasteiger partial charge in [-0.15, -0.1) is 0 Å². The molecule has 0 N–H and O–H groups in total. The molecule has 126 valence electrons. The largest absolute Gasteiger partial charge is 0.334 e. The maximum atomic E-state index is 6.01. The minimum Gasteiger partial charge on any atom is -0.334 e. The van der Waals surface area contributed by atoms with Crippen LogP contribution in [-0.2, 0) is 5.41 Å². The quantitative estimate of drug-likeness (QED) is 0.524. The van der Waals surface area contributed by atoms with E-state index in [0.29, 0.717) is 16.9 Å². The molecule has 0 aliphatic heterocycles. The van der Waals surface area contributed by atoms with Crippen molar-refractivity contribution in [1.29, 1.82) is 0 Å². The van der Waals surface area contributed by atoms with E-state index in [1.54, 1.807) is 23.0 Å². The fourth-order valence-corrected chi connectivity index (χ4v) is 2.82. The molecule has 4 aromatic heterocycles. The Kier molecular flexibility index (Phi) is 3.54. The van der Waals surface area contributed by atoms with Crippen molar-refractivity contribution in [3.05, 3.63) is 59.0 Å². The van der Waals surface area contributed by atoms with Gasteiger partial charge in [-0.05, 0) is 32.9 Å². The molecule has 0 saturated carbocycles. The Labute approximate surface area is 148 Å². The molecule has 0 radical (unpaired) electrons. The van der Waals surface area contributed by atoms with Crippen LogP contribution < -0.4 is 0 Å². The molecule has 0 spiro atoms. The second kappa shape index (κ2) is 5.63. The molecule has 0 aliphatic rings. The number of hydrogen-bond donors (Lipinski definition) is 0.